The van der Waals surface area contributed by atoms with E-state index in [1.807, 2.05) is 0 Å². The molecular formula is C21H26ClN3O5S. The zero-order valence-electron chi connectivity index (χ0n) is 17.3. The second kappa shape index (κ2) is 9.93. The zero-order chi connectivity index (χ0) is 22.6. The van der Waals surface area contributed by atoms with Gasteiger partial charge in [-0.2, -0.15) is 5.10 Å². The Bertz CT molecular complexity index is 1070. The number of aromatic nitrogens is 2. The number of anilines is 1. The first-order chi connectivity index (χ1) is 14.7. The minimum Gasteiger partial charge on any atom is -0.396 e. The molecule has 2 aromatic rings. The van der Waals surface area contributed by atoms with Crippen LogP contribution in [0.1, 0.15) is 43.6 Å². The van der Waals surface area contributed by atoms with Crippen molar-refractivity contribution in [3.05, 3.63) is 41.0 Å². The van der Waals surface area contributed by atoms with E-state index in [0.29, 0.717) is 43.6 Å². The minimum absolute atomic E-state index is 0.00995. The number of aryl methyl sites for hydroxylation is 1. The summed E-state index contributed by atoms with van der Waals surface area (Å²) < 4.78 is 25.4. The van der Waals surface area contributed by atoms with E-state index in [9.17, 15) is 18.0 Å². The molecule has 1 fully saturated rings. The zero-order valence-corrected chi connectivity index (χ0v) is 18.8. The quantitative estimate of drug-likeness (QED) is 0.585. The van der Waals surface area contributed by atoms with Crippen LogP contribution in [-0.2, 0) is 26.0 Å². The Hall–Kier alpha value is -2.23. The van der Waals surface area contributed by atoms with E-state index in [0.717, 1.165) is 12.7 Å². The second-order valence-electron chi connectivity index (χ2n) is 7.93. The van der Waals surface area contributed by atoms with Crippen molar-refractivity contribution in [1.82, 2.24) is 9.78 Å². The van der Waals surface area contributed by atoms with E-state index < -0.39 is 15.8 Å². The van der Waals surface area contributed by atoms with Gasteiger partial charge in [0.25, 0.3) is 0 Å². The number of ketones is 1. The molecule has 0 saturated heterocycles. The van der Waals surface area contributed by atoms with E-state index in [2.05, 4.69) is 10.4 Å². The van der Waals surface area contributed by atoms with E-state index in [1.54, 1.807) is 23.0 Å². The fraction of sp³-hybridized carbons (Fsp3) is 0.476. The van der Waals surface area contributed by atoms with Gasteiger partial charge in [0, 0.05) is 44.5 Å². The monoisotopic (exact) mass is 467 g/mol. The molecule has 0 spiro atoms. The molecule has 3 rings (SSSR count). The van der Waals surface area contributed by atoms with Crippen LogP contribution in [0.4, 0.5) is 5.82 Å². The number of carbonyl (C=O) groups is 2. The number of aliphatic hydroxyl groups is 1. The number of hydrogen-bond acceptors (Lipinski definition) is 6. The number of hydrogen-bond donors (Lipinski definition) is 2. The smallest absolute Gasteiger partial charge is 0.233 e. The molecule has 2 atom stereocenters. The number of carbonyl (C=O) groups excluding carboxylic acids is 2. The molecule has 1 aliphatic rings. The highest BCUT2D eigenvalue weighted by molar-refractivity contribution is 7.90. The summed E-state index contributed by atoms with van der Waals surface area (Å²) in [5, 5.41) is 16.1. The van der Waals surface area contributed by atoms with Crippen molar-refractivity contribution in [2.75, 3.05) is 18.2 Å². The van der Waals surface area contributed by atoms with Crippen LogP contribution in [0.15, 0.2) is 35.4 Å². The molecule has 31 heavy (non-hydrogen) atoms. The number of amides is 1. The van der Waals surface area contributed by atoms with Crippen molar-refractivity contribution in [3.8, 4) is 0 Å². The van der Waals surface area contributed by atoms with Crippen LogP contribution in [0, 0.1) is 5.92 Å². The fourth-order valence-electron chi connectivity index (χ4n) is 3.85. The Morgan fingerprint density at radius 3 is 2.77 bits per heavy atom. The Balaban J connectivity index is 1.83. The molecule has 1 aliphatic carbocycles. The summed E-state index contributed by atoms with van der Waals surface area (Å²) in [5.41, 5.74) is 0.592. The average molecular weight is 468 g/mol. The maximum Gasteiger partial charge on any atom is 0.233 e. The van der Waals surface area contributed by atoms with Crippen LogP contribution in [0.25, 0.3) is 0 Å². The fourth-order valence-corrected chi connectivity index (χ4v) is 5.19. The van der Waals surface area contributed by atoms with Crippen molar-refractivity contribution in [2.24, 2.45) is 5.92 Å². The van der Waals surface area contributed by atoms with Crippen LogP contribution >= 0.6 is 11.6 Å². The Kier molecular flexibility index (Phi) is 7.51. The average Bonchev–Trinajstić information content (AvgIpc) is 3.31. The number of aliphatic hydroxyl groups excluding tert-OH is 1. The number of benzene rings is 1. The molecule has 1 heterocycles. The number of Topliss-reactive ketones (excluding diaryl/α,β-unsaturated/α-hetero) is 1. The second-order valence-corrected chi connectivity index (χ2v) is 10.3. The van der Waals surface area contributed by atoms with Gasteiger partial charge in [-0.3, -0.25) is 14.3 Å². The lowest BCUT2D eigenvalue weighted by molar-refractivity contribution is -0.119. The maximum atomic E-state index is 13.2. The molecule has 168 valence electrons. The molecule has 1 saturated carbocycles. The van der Waals surface area contributed by atoms with Crippen LogP contribution in [-0.4, -0.2) is 47.9 Å². The van der Waals surface area contributed by atoms with Crippen molar-refractivity contribution in [2.45, 2.75) is 49.5 Å². The highest BCUT2D eigenvalue weighted by atomic mass is 35.5. The number of rotatable bonds is 9. The van der Waals surface area contributed by atoms with E-state index in [4.69, 9.17) is 16.7 Å². The van der Waals surface area contributed by atoms with Gasteiger partial charge in [0.2, 0.25) is 5.91 Å². The highest BCUT2D eigenvalue weighted by Gasteiger charge is 2.30. The van der Waals surface area contributed by atoms with E-state index in [1.165, 1.54) is 12.1 Å². The number of sulfone groups is 1. The van der Waals surface area contributed by atoms with Crippen molar-refractivity contribution < 1.29 is 23.1 Å². The third-order valence-electron chi connectivity index (χ3n) is 5.43. The molecule has 0 aliphatic heterocycles. The number of nitrogens with zero attached hydrogens (tertiary/aromatic N) is 2. The number of halogens is 1. The summed E-state index contributed by atoms with van der Waals surface area (Å²) in [7, 11) is -3.49. The number of nitrogens with one attached hydrogen (secondary N) is 1. The Morgan fingerprint density at radius 2 is 2.16 bits per heavy atom. The summed E-state index contributed by atoms with van der Waals surface area (Å²) in [6.45, 7) is 0.580. The van der Waals surface area contributed by atoms with Crippen LogP contribution < -0.4 is 5.32 Å². The third kappa shape index (κ3) is 6.15. The molecule has 1 aromatic heterocycles. The summed E-state index contributed by atoms with van der Waals surface area (Å²) >= 11 is 6.21. The Labute approximate surface area is 186 Å². The van der Waals surface area contributed by atoms with E-state index >= 15 is 0 Å². The van der Waals surface area contributed by atoms with Gasteiger partial charge < -0.3 is 10.4 Å². The van der Waals surface area contributed by atoms with Crippen LogP contribution in [0.2, 0.25) is 5.02 Å². The van der Waals surface area contributed by atoms with Crippen molar-refractivity contribution >= 4 is 38.9 Å². The van der Waals surface area contributed by atoms with Crippen LogP contribution in [0.5, 0.6) is 0 Å². The molecule has 2 N–H and O–H groups in total. The normalized spacial score (nSPS) is 17.6. The molecule has 8 nitrogen and oxygen atoms in total. The Morgan fingerprint density at radius 1 is 1.39 bits per heavy atom. The van der Waals surface area contributed by atoms with E-state index in [-0.39, 0.29) is 34.1 Å². The lowest BCUT2D eigenvalue weighted by atomic mass is 9.87. The molecular weight excluding hydrogens is 442 g/mol. The molecule has 1 aromatic carbocycles. The van der Waals surface area contributed by atoms with Crippen LogP contribution in [0.3, 0.4) is 0 Å². The van der Waals surface area contributed by atoms with Gasteiger partial charge in [0.05, 0.1) is 15.8 Å². The van der Waals surface area contributed by atoms with Gasteiger partial charge in [0.15, 0.2) is 15.7 Å². The third-order valence-corrected chi connectivity index (χ3v) is 7.01. The SMILES string of the molecule is CS(=O)(=O)c1ccc(C(C[C@H]2CCC(=O)C2)C(=O)Nc2ccn(CCCO)n2)cc1Cl. The predicted octanol–water partition coefficient (Wildman–Crippen LogP) is 2.80. The van der Waals surface area contributed by atoms with Gasteiger partial charge in [-0.1, -0.05) is 17.7 Å². The maximum absolute atomic E-state index is 13.2. The molecule has 0 bridgehead atoms. The van der Waals surface area contributed by atoms with Crippen molar-refractivity contribution in [3.63, 3.8) is 0 Å². The summed E-state index contributed by atoms with van der Waals surface area (Å²) in [5.74, 6) is -0.246. The molecule has 0 radical (unpaired) electrons. The molecule has 1 unspecified atom stereocenters. The standard InChI is InChI=1S/C21H26ClN3O5S/c1-31(29,30)19-6-4-15(13-18(19)22)17(12-14-3-5-16(27)11-14)21(28)23-20-7-9-25(24-20)8-2-10-26/h4,6-7,9,13-14,17,26H,2-3,5,8,10-12H2,1H3,(H,23,24,28)/t14-,17?/m0/s1. The van der Waals surface area contributed by atoms with Gasteiger partial charge in [-0.05, 0) is 42.9 Å². The van der Waals surface area contributed by atoms with Gasteiger partial charge >= 0.3 is 0 Å². The van der Waals surface area contributed by atoms with Crippen molar-refractivity contribution in [1.29, 1.82) is 0 Å². The first-order valence-corrected chi connectivity index (χ1v) is 12.4. The first-order valence-electron chi connectivity index (χ1n) is 10.1. The first kappa shape index (κ1) is 23.4. The van der Waals surface area contributed by atoms with Gasteiger partial charge in [0.1, 0.15) is 5.78 Å². The lowest BCUT2D eigenvalue weighted by Gasteiger charge is -2.20. The summed E-state index contributed by atoms with van der Waals surface area (Å²) in [4.78, 5) is 24.9. The summed E-state index contributed by atoms with van der Waals surface area (Å²) in [6.07, 6.45) is 5.49. The summed E-state index contributed by atoms with van der Waals surface area (Å²) in [6, 6.07) is 6.20. The van der Waals surface area contributed by atoms with Gasteiger partial charge in [-0.15, -0.1) is 0 Å². The van der Waals surface area contributed by atoms with Gasteiger partial charge in [-0.25, -0.2) is 8.42 Å². The largest absolute Gasteiger partial charge is 0.396 e. The minimum atomic E-state index is -3.49. The predicted molar refractivity (Wildman–Crippen MR) is 117 cm³/mol. The highest BCUT2D eigenvalue weighted by Crippen LogP contribution is 2.35. The molecule has 10 heteroatoms. The molecule has 1 amide bonds. The lowest BCUT2D eigenvalue weighted by Crippen LogP contribution is -2.23. The topological polar surface area (TPSA) is 118 Å².